The van der Waals surface area contributed by atoms with Crippen molar-refractivity contribution in [1.82, 2.24) is 36.4 Å². The maximum absolute atomic E-state index is 14.4. The number of thioether (sulfide) groups is 1. The number of amides is 8. The number of carboxylic acids is 1. The molecular formula is C49H69N15O12S. The number of likely N-dealkylation sites (tertiary alicyclic amines) is 2. The van der Waals surface area contributed by atoms with Gasteiger partial charge in [0.05, 0.1) is 31.0 Å². The summed E-state index contributed by atoms with van der Waals surface area (Å²) in [4.78, 5) is 135. The normalized spacial score (nSPS) is 20.5. The Labute approximate surface area is 447 Å². The largest absolute Gasteiger partial charge is 0.480 e. The molecule has 4 aliphatic rings. The SMILES string of the molecule is NC(N)=NCCC[C@@H](N)C(=O)N[C@@H](CCCN=C(N)N)C(=O)N1CCC[C@H]1C(=O)N1C[C@H](O)C[C@H]1C(=O)NCC(=O)N[C@H](C(=O)N[C@@H](CO)C(=O)N[C@@H]1CSc2ccccc2N(CC(=O)O)C1=O)C1Cc2ccccc2C1. The number of nitrogens with two attached hydrogens (primary N) is 5. The van der Waals surface area contributed by atoms with Crippen molar-refractivity contribution < 1.29 is 58.5 Å². The molecule has 0 saturated carbocycles. The van der Waals surface area contributed by atoms with E-state index in [-0.39, 0.29) is 76.0 Å². The van der Waals surface area contributed by atoms with Crippen molar-refractivity contribution in [3.8, 4) is 0 Å². The van der Waals surface area contributed by atoms with Crippen LogP contribution in [0.25, 0.3) is 0 Å². The van der Waals surface area contributed by atoms with Gasteiger partial charge < -0.3 is 80.4 Å². The van der Waals surface area contributed by atoms with Gasteiger partial charge in [-0.1, -0.05) is 36.4 Å². The first kappa shape index (κ1) is 58.7. The van der Waals surface area contributed by atoms with E-state index in [1.54, 1.807) is 24.3 Å². The summed E-state index contributed by atoms with van der Waals surface area (Å²) in [5, 5.41) is 43.7. The molecule has 2 fully saturated rings. The number of aliphatic carboxylic acids is 1. The minimum absolute atomic E-state index is 0.00555. The minimum Gasteiger partial charge on any atom is -0.480 e. The highest BCUT2D eigenvalue weighted by atomic mass is 32.2. The topological polar surface area (TPSA) is 439 Å². The fourth-order valence-corrected chi connectivity index (χ4v) is 11.0. The maximum Gasteiger partial charge on any atom is 0.323 e. The highest BCUT2D eigenvalue weighted by Gasteiger charge is 2.46. The molecule has 0 aromatic heterocycles. The van der Waals surface area contributed by atoms with Crippen LogP contribution < -0.4 is 60.2 Å². The third-order valence-electron chi connectivity index (χ3n) is 13.7. The number of aliphatic hydroxyl groups is 2. The number of aliphatic hydroxyl groups excluding tert-OH is 2. The Hall–Kier alpha value is -7.56. The van der Waals surface area contributed by atoms with Crippen molar-refractivity contribution in [2.45, 2.75) is 111 Å². The molecular weight excluding hydrogens is 1020 g/mol. The predicted octanol–water partition coefficient (Wildman–Crippen LogP) is -4.94. The van der Waals surface area contributed by atoms with Gasteiger partial charge in [0.15, 0.2) is 11.9 Å². The fourth-order valence-electron chi connectivity index (χ4n) is 9.89. The molecule has 2 saturated heterocycles. The number of fused-ring (bicyclic) bond motifs is 2. The molecule has 0 unspecified atom stereocenters. The van der Waals surface area contributed by atoms with Gasteiger partial charge in [0.2, 0.25) is 41.4 Å². The highest BCUT2D eigenvalue weighted by molar-refractivity contribution is 7.99. The first-order valence-electron chi connectivity index (χ1n) is 25.3. The van der Waals surface area contributed by atoms with Crippen LogP contribution in [0.2, 0.25) is 0 Å². The van der Waals surface area contributed by atoms with Gasteiger partial charge in [-0.05, 0) is 80.5 Å². The molecule has 0 radical (unpaired) electrons. The third kappa shape index (κ3) is 15.8. The number of benzene rings is 2. The summed E-state index contributed by atoms with van der Waals surface area (Å²) in [7, 11) is 0. The summed E-state index contributed by atoms with van der Waals surface area (Å²) in [5.74, 6) is -8.12. The molecule has 6 rings (SSSR count). The van der Waals surface area contributed by atoms with Gasteiger partial charge in [0.25, 0.3) is 5.91 Å². The van der Waals surface area contributed by atoms with E-state index in [0.717, 1.165) is 20.9 Å². The fraction of sp³-hybridized carbons (Fsp3) is 0.531. The second-order valence-corrected chi connectivity index (χ2v) is 20.3. The number of guanidine groups is 2. The zero-order chi connectivity index (χ0) is 55.9. The molecule has 28 heteroatoms. The molecule has 2 aromatic carbocycles. The van der Waals surface area contributed by atoms with Crippen LogP contribution in [-0.4, -0.2) is 190 Å². The number of hydrogen-bond acceptors (Lipinski definition) is 15. The summed E-state index contributed by atoms with van der Waals surface area (Å²) in [5.41, 5.74) is 30.0. The molecule has 77 heavy (non-hydrogen) atoms. The van der Waals surface area contributed by atoms with Gasteiger partial charge in [-0.25, -0.2) is 0 Å². The molecule has 1 aliphatic carbocycles. The number of β-amino-alcohol motifs (C(OH)–C–C–N with tert-alkyl or cyclic N) is 1. The molecule has 3 heterocycles. The number of nitrogens with zero attached hydrogens (tertiary/aromatic N) is 5. The number of nitrogens with one attached hydrogen (secondary N) is 5. The molecule has 18 N–H and O–H groups in total. The number of para-hydroxylation sites is 1. The van der Waals surface area contributed by atoms with Crippen molar-refractivity contribution in [3.05, 3.63) is 59.7 Å². The Morgan fingerprint density at radius 1 is 0.792 bits per heavy atom. The summed E-state index contributed by atoms with van der Waals surface area (Å²) in [6, 6.07) is 5.34. The van der Waals surface area contributed by atoms with E-state index in [0.29, 0.717) is 36.3 Å². The van der Waals surface area contributed by atoms with Crippen molar-refractivity contribution in [3.63, 3.8) is 0 Å². The number of carbonyl (C=O) groups is 9. The molecule has 3 aliphatic heterocycles. The number of aliphatic imine (C=N–C) groups is 2. The summed E-state index contributed by atoms with van der Waals surface area (Å²) in [6.07, 6.45) is 0.869. The molecule has 8 amide bonds. The number of rotatable bonds is 24. The van der Waals surface area contributed by atoms with Crippen LogP contribution in [0, 0.1) is 5.92 Å². The lowest BCUT2D eigenvalue weighted by molar-refractivity contribution is -0.148. The van der Waals surface area contributed by atoms with Gasteiger partial charge in [-0.3, -0.25) is 58.0 Å². The molecule has 8 atom stereocenters. The second kappa shape index (κ2) is 27.5. The first-order valence-corrected chi connectivity index (χ1v) is 26.3. The van der Waals surface area contributed by atoms with Gasteiger partial charge in [-0.2, -0.15) is 0 Å². The Morgan fingerprint density at radius 2 is 1.43 bits per heavy atom. The van der Waals surface area contributed by atoms with E-state index in [1.165, 1.54) is 16.7 Å². The lowest BCUT2D eigenvalue weighted by Gasteiger charge is -2.33. The van der Waals surface area contributed by atoms with Crippen molar-refractivity contribution in [2.75, 3.05) is 56.5 Å². The number of anilines is 1. The second-order valence-electron chi connectivity index (χ2n) is 19.3. The molecule has 418 valence electrons. The smallest absolute Gasteiger partial charge is 0.323 e. The molecule has 0 spiro atoms. The van der Waals surface area contributed by atoms with Crippen LogP contribution in [0.5, 0.6) is 0 Å². The standard InChI is InChI=1S/C49H69N15O12S/c50-30(10-5-15-55-48(51)52)41(70)58-31(11-6-16-56-49(53)54)45(74)62-17-7-13-35(62)47(76)63-22-29(66)20-36(63)43(72)57-21-38(67)61-40(28-18-26-8-1-2-9-27(26)19-28)44(73)59-32(24-65)42(71)60-33-25-77-37-14-4-3-12-34(37)64(46(33)75)23-39(68)69/h1-4,8-9,12,14,28-33,35-36,40,65-66H,5-7,10-11,13,15-25,50H2,(H,57,72)(H,58,70)(H,59,73)(H,60,71)(H,61,67)(H,68,69)(H4,51,52,55)(H4,53,54,56)/t29-,30-,31+,32+,33-,35+,36+,40+/m1/s1. The lowest BCUT2D eigenvalue weighted by Crippen LogP contribution is -2.60. The summed E-state index contributed by atoms with van der Waals surface area (Å²) >= 11 is 1.21. The number of hydrogen-bond donors (Lipinski definition) is 13. The van der Waals surface area contributed by atoms with Crippen LogP contribution in [-0.2, 0) is 56.0 Å². The van der Waals surface area contributed by atoms with Crippen LogP contribution >= 0.6 is 11.8 Å². The first-order chi connectivity index (χ1) is 36.8. The Kier molecular flexibility index (Phi) is 20.9. The number of carboxylic acid groups (broad SMARTS) is 1. The van der Waals surface area contributed by atoms with E-state index in [9.17, 15) is 58.5 Å². The van der Waals surface area contributed by atoms with Gasteiger partial charge in [-0.15, -0.1) is 11.8 Å². The minimum atomic E-state index is -1.62. The van der Waals surface area contributed by atoms with Crippen molar-refractivity contribution in [1.29, 1.82) is 0 Å². The van der Waals surface area contributed by atoms with Crippen LogP contribution in [0.15, 0.2) is 63.4 Å². The predicted molar refractivity (Wildman–Crippen MR) is 281 cm³/mol. The molecule has 2 aromatic rings. The quantitative estimate of drug-likeness (QED) is 0.0266. The van der Waals surface area contributed by atoms with E-state index >= 15 is 0 Å². The van der Waals surface area contributed by atoms with Crippen LogP contribution in [0.1, 0.15) is 56.1 Å². The number of carbonyl (C=O) groups excluding carboxylic acids is 8. The lowest BCUT2D eigenvalue weighted by atomic mass is 9.95. The van der Waals surface area contributed by atoms with Crippen molar-refractivity contribution in [2.24, 2.45) is 44.6 Å². The van der Waals surface area contributed by atoms with E-state index in [2.05, 4.69) is 36.6 Å². The summed E-state index contributed by atoms with van der Waals surface area (Å²) in [6.45, 7) is -2.05. The average Bonchev–Trinajstić information content (AvgIpc) is 4.17. The highest BCUT2D eigenvalue weighted by Crippen LogP contribution is 2.34. The average molecular weight is 1090 g/mol. The van der Waals surface area contributed by atoms with Crippen LogP contribution in [0.4, 0.5) is 5.69 Å². The zero-order valence-corrected chi connectivity index (χ0v) is 43.2. The third-order valence-corrected chi connectivity index (χ3v) is 14.8. The van der Waals surface area contributed by atoms with Crippen molar-refractivity contribution >= 4 is 82.6 Å². The molecule has 27 nitrogen and oxygen atoms in total. The monoisotopic (exact) mass is 1090 g/mol. The van der Waals surface area contributed by atoms with Gasteiger partial charge >= 0.3 is 5.97 Å². The Bertz CT molecular complexity index is 2560. The van der Waals surface area contributed by atoms with E-state index in [4.69, 9.17) is 28.7 Å². The van der Waals surface area contributed by atoms with Crippen LogP contribution in [0.3, 0.4) is 0 Å². The van der Waals surface area contributed by atoms with Gasteiger partial charge in [0, 0.05) is 43.2 Å². The van der Waals surface area contributed by atoms with E-state index in [1.807, 2.05) is 24.3 Å². The maximum atomic E-state index is 14.4. The zero-order valence-electron chi connectivity index (χ0n) is 42.4. The Morgan fingerprint density at radius 3 is 2.08 bits per heavy atom. The summed E-state index contributed by atoms with van der Waals surface area (Å²) < 4.78 is 0. The Balaban J connectivity index is 1.10. The van der Waals surface area contributed by atoms with Gasteiger partial charge in [0.1, 0.15) is 42.8 Å². The molecule has 0 bridgehead atoms. The van der Waals surface area contributed by atoms with E-state index < -0.39 is 127 Å².